The lowest BCUT2D eigenvalue weighted by Crippen LogP contribution is -2.49. The zero-order valence-corrected chi connectivity index (χ0v) is 5.07. The van der Waals surface area contributed by atoms with Gasteiger partial charge in [-0.25, -0.2) is 0 Å². The number of hydrogen-bond donors (Lipinski definition) is 2. The number of rotatable bonds is 3. The van der Waals surface area contributed by atoms with Gasteiger partial charge in [0.1, 0.15) is 12.5 Å². The van der Waals surface area contributed by atoms with E-state index < -0.39 is 17.3 Å². The Morgan fingerprint density at radius 1 is 1.67 bits per heavy atom. The van der Waals surface area contributed by atoms with Gasteiger partial charge in [-0.2, -0.15) is 10.4 Å². The van der Waals surface area contributed by atoms with Crippen molar-refractivity contribution in [2.24, 2.45) is 0 Å². The predicted octanol–water partition coefficient (Wildman–Crippen LogP) is -1.65. The van der Waals surface area contributed by atoms with Crippen molar-refractivity contribution in [2.45, 2.75) is 6.92 Å². The molecule has 0 amide bonds. The van der Waals surface area contributed by atoms with Crippen molar-refractivity contribution in [2.75, 3.05) is 13.1 Å². The van der Waals surface area contributed by atoms with E-state index in [0.717, 1.165) is 0 Å². The Hall–Kier alpha value is -0.650. The van der Waals surface area contributed by atoms with Crippen molar-refractivity contribution < 1.29 is 25.1 Å². The second-order valence-corrected chi connectivity index (χ2v) is 1.73. The lowest BCUT2D eigenvalue weighted by Gasteiger charge is -2.18. The number of aliphatic carboxylic acids is 1. The summed E-state index contributed by atoms with van der Waals surface area (Å²) in [5, 5.41) is 26.9. The number of hydroxylamine groups is 4. The molecule has 0 aromatic rings. The number of hydrogen-bond acceptors (Lipinski definition) is 4. The fourth-order valence-corrected chi connectivity index (χ4v) is 0.319. The average Bonchev–Trinajstić information content (AvgIpc) is 1.63. The molecule has 0 fully saturated rings. The van der Waals surface area contributed by atoms with Crippen LogP contribution in [0.25, 0.3) is 0 Å². The van der Waals surface area contributed by atoms with Gasteiger partial charge in [0.05, 0.1) is 0 Å². The van der Waals surface area contributed by atoms with Gasteiger partial charge in [-0.15, -0.1) is 0 Å². The number of quaternary nitrogens is 1. The van der Waals surface area contributed by atoms with Crippen molar-refractivity contribution in [3.8, 4) is 0 Å². The Balaban J connectivity index is 3.71. The third-order valence-corrected chi connectivity index (χ3v) is 0.889. The lowest BCUT2D eigenvalue weighted by atomic mass is 10.6. The third kappa shape index (κ3) is 3.89. The first-order chi connectivity index (χ1) is 3.98. The van der Waals surface area contributed by atoms with E-state index in [2.05, 4.69) is 0 Å². The maximum atomic E-state index is 9.73. The molecule has 0 aliphatic carbocycles. The van der Waals surface area contributed by atoms with E-state index in [-0.39, 0.29) is 6.54 Å². The summed E-state index contributed by atoms with van der Waals surface area (Å²) >= 11 is 0. The van der Waals surface area contributed by atoms with Gasteiger partial charge in [0.25, 0.3) is 0 Å². The molecule has 0 aliphatic rings. The molecule has 0 saturated carbocycles. The van der Waals surface area contributed by atoms with Crippen LogP contribution in [0.15, 0.2) is 0 Å². The van der Waals surface area contributed by atoms with Gasteiger partial charge in [-0.1, -0.05) is 0 Å². The highest BCUT2D eigenvalue weighted by Crippen LogP contribution is 1.90. The molecule has 5 heteroatoms. The molecule has 54 valence electrons. The van der Waals surface area contributed by atoms with Crippen molar-refractivity contribution in [3.05, 3.63) is 0 Å². The van der Waals surface area contributed by atoms with Gasteiger partial charge < -0.3 is 9.90 Å². The fraction of sp³-hybridized carbons (Fsp3) is 0.750. The van der Waals surface area contributed by atoms with Crippen LogP contribution in [0.4, 0.5) is 0 Å². The predicted molar refractivity (Wildman–Crippen MR) is 24.2 cm³/mol. The molecular formula is C4H9NO4. The van der Waals surface area contributed by atoms with Gasteiger partial charge in [0.15, 0.2) is 6.54 Å². The highest BCUT2D eigenvalue weighted by Gasteiger charge is 2.18. The van der Waals surface area contributed by atoms with Crippen LogP contribution in [-0.2, 0) is 4.79 Å². The van der Waals surface area contributed by atoms with Crippen molar-refractivity contribution >= 4 is 5.97 Å². The van der Waals surface area contributed by atoms with E-state index in [1.807, 2.05) is 0 Å². The van der Waals surface area contributed by atoms with Crippen LogP contribution < -0.4 is 5.11 Å². The Labute approximate surface area is 52.3 Å². The Morgan fingerprint density at radius 3 is 2.22 bits per heavy atom. The van der Waals surface area contributed by atoms with Crippen LogP contribution >= 0.6 is 0 Å². The van der Waals surface area contributed by atoms with Gasteiger partial charge in [0.2, 0.25) is 0 Å². The lowest BCUT2D eigenvalue weighted by molar-refractivity contribution is -1.24. The molecule has 0 aliphatic heterocycles. The molecule has 9 heavy (non-hydrogen) atoms. The summed E-state index contributed by atoms with van der Waals surface area (Å²) in [5.74, 6) is -1.48. The normalized spacial score (nSPS) is 11.4. The van der Waals surface area contributed by atoms with Gasteiger partial charge >= 0.3 is 0 Å². The first-order valence-electron chi connectivity index (χ1n) is 2.50. The second kappa shape index (κ2) is 2.77. The van der Waals surface area contributed by atoms with Crippen LogP contribution in [0, 0.1) is 0 Å². The number of carboxylic acids is 1. The molecule has 0 spiro atoms. The molecule has 0 rings (SSSR count). The summed E-state index contributed by atoms with van der Waals surface area (Å²) in [7, 11) is 0. The molecule has 0 bridgehead atoms. The molecule has 0 aromatic heterocycles. The molecule has 0 aromatic carbocycles. The Morgan fingerprint density at radius 2 is 2.11 bits per heavy atom. The molecule has 0 radical (unpaired) electrons. The molecule has 0 atom stereocenters. The smallest absolute Gasteiger partial charge is 0.181 e. The topological polar surface area (TPSA) is 80.6 Å². The zero-order valence-electron chi connectivity index (χ0n) is 5.07. The highest BCUT2D eigenvalue weighted by atomic mass is 16.8. The van der Waals surface area contributed by atoms with E-state index in [9.17, 15) is 9.90 Å². The number of carbonyl (C=O) groups excluding carboxylic acids is 1. The monoisotopic (exact) mass is 135 g/mol. The molecule has 5 nitrogen and oxygen atoms in total. The summed E-state index contributed by atoms with van der Waals surface area (Å²) in [6, 6.07) is 0. The Bertz CT molecular complexity index is 111. The van der Waals surface area contributed by atoms with E-state index in [0.29, 0.717) is 0 Å². The third-order valence-electron chi connectivity index (χ3n) is 0.889. The van der Waals surface area contributed by atoms with Crippen LogP contribution in [0.1, 0.15) is 6.92 Å². The number of nitrogens with zero attached hydrogens (tertiary/aromatic N) is 1. The summed E-state index contributed by atoms with van der Waals surface area (Å²) in [4.78, 5) is 8.22. The van der Waals surface area contributed by atoms with E-state index in [4.69, 9.17) is 10.4 Å². The van der Waals surface area contributed by atoms with Crippen LogP contribution in [0.5, 0.6) is 0 Å². The summed E-state index contributed by atoms with van der Waals surface area (Å²) < 4.78 is 0. The van der Waals surface area contributed by atoms with Gasteiger partial charge in [-0.3, -0.25) is 0 Å². The number of carbonyl (C=O) groups is 1. The average molecular weight is 135 g/mol. The first-order valence-corrected chi connectivity index (χ1v) is 2.50. The fourth-order valence-electron chi connectivity index (χ4n) is 0.319. The summed E-state index contributed by atoms with van der Waals surface area (Å²) in [6.45, 7) is 0.577. The molecular weight excluding hydrogens is 126 g/mol. The van der Waals surface area contributed by atoms with Crippen LogP contribution in [0.3, 0.4) is 0 Å². The zero-order chi connectivity index (χ0) is 7.49. The minimum absolute atomic E-state index is 0.0754. The van der Waals surface area contributed by atoms with E-state index in [1.165, 1.54) is 6.92 Å². The molecule has 0 heterocycles. The maximum absolute atomic E-state index is 9.73. The van der Waals surface area contributed by atoms with Crippen LogP contribution in [0.2, 0.25) is 0 Å². The molecule has 0 saturated heterocycles. The van der Waals surface area contributed by atoms with Crippen molar-refractivity contribution in [3.63, 3.8) is 0 Å². The van der Waals surface area contributed by atoms with Crippen molar-refractivity contribution in [1.29, 1.82) is 0 Å². The first kappa shape index (κ1) is 8.35. The minimum atomic E-state index is -1.51. The Kier molecular flexibility index (Phi) is 2.57. The highest BCUT2D eigenvalue weighted by molar-refractivity contribution is 5.65. The second-order valence-electron chi connectivity index (χ2n) is 1.73. The summed E-state index contributed by atoms with van der Waals surface area (Å²) in [6.07, 6.45) is 0. The standard InChI is InChI=1S/C4H9NO4/c1-2-5(8,9)3-4(6)7/h8-9H,2-3H2,1H3. The van der Waals surface area contributed by atoms with Gasteiger partial charge in [-0.05, 0) is 11.7 Å². The van der Waals surface area contributed by atoms with E-state index in [1.54, 1.807) is 0 Å². The van der Waals surface area contributed by atoms with Crippen LogP contribution in [-0.4, -0.2) is 34.3 Å². The number of carboxylic acid groups (broad SMARTS) is 1. The SMILES string of the molecule is CC[N+](O)(O)CC(=O)[O-]. The largest absolute Gasteiger partial charge is 0.544 e. The minimum Gasteiger partial charge on any atom is -0.544 e. The van der Waals surface area contributed by atoms with E-state index >= 15 is 0 Å². The quantitative estimate of drug-likeness (QED) is 0.359. The molecule has 2 N–H and O–H groups in total. The summed E-state index contributed by atoms with van der Waals surface area (Å²) in [5.41, 5.74) is 0. The van der Waals surface area contributed by atoms with Gasteiger partial charge in [0, 0.05) is 0 Å². The van der Waals surface area contributed by atoms with Crippen molar-refractivity contribution in [1.82, 2.24) is 0 Å². The number of likely N-dealkylation sites (N-methyl/N-ethyl adjacent to an activating group) is 1. The maximum Gasteiger partial charge on any atom is 0.181 e. The molecule has 0 unspecified atom stereocenters.